The van der Waals surface area contributed by atoms with Crippen LogP contribution < -0.4 is 0 Å². The van der Waals surface area contributed by atoms with Crippen molar-refractivity contribution >= 4 is 11.7 Å². The molecule has 0 aromatic rings. The lowest BCUT2D eigenvalue weighted by molar-refractivity contribution is -0.155. The third kappa shape index (κ3) is 11.6. The SMILES string of the molecule is CCCCCCCCCCCCCCCC(=O)OC[C@H]1OC/C(=N\O)[C@@H](O)[C@@H]1O. The zero-order valence-electron chi connectivity index (χ0n) is 18.1. The second-order valence-corrected chi connectivity index (χ2v) is 8.05. The van der Waals surface area contributed by atoms with Crippen molar-refractivity contribution < 1.29 is 29.7 Å². The minimum absolute atomic E-state index is 0.0351. The Morgan fingerprint density at radius 1 is 0.966 bits per heavy atom. The van der Waals surface area contributed by atoms with Gasteiger partial charge in [-0.2, -0.15) is 0 Å². The Kier molecular flexibility index (Phi) is 14.8. The van der Waals surface area contributed by atoms with Crippen LogP contribution in [0.2, 0.25) is 0 Å². The Bertz CT molecular complexity index is 457. The third-order valence-electron chi connectivity index (χ3n) is 5.51. The summed E-state index contributed by atoms with van der Waals surface area (Å²) in [7, 11) is 0. The number of hydrogen-bond acceptors (Lipinski definition) is 7. The van der Waals surface area contributed by atoms with Crippen LogP contribution in [0.25, 0.3) is 0 Å². The number of nitrogens with zero attached hydrogens (tertiary/aromatic N) is 1. The van der Waals surface area contributed by atoms with Gasteiger partial charge in [-0.15, -0.1) is 0 Å². The molecule has 1 fully saturated rings. The lowest BCUT2D eigenvalue weighted by atomic mass is 10.0. The average molecular weight is 416 g/mol. The first-order valence-corrected chi connectivity index (χ1v) is 11.4. The number of rotatable bonds is 16. The fourth-order valence-electron chi connectivity index (χ4n) is 3.55. The summed E-state index contributed by atoms with van der Waals surface area (Å²) in [6.07, 6.45) is 13.2. The molecule has 29 heavy (non-hydrogen) atoms. The first kappa shape index (κ1) is 25.9. The Morgan fingerprint density at radius 2 is 1.48 bits per heavy atom. The number of esters is 1. The molecule has 170 valence electrons. The standard InChI is InChI=1S/C22H41NO6/c1-2-3-4-5-6-7-8-9-10-11-12-13-14-15-20(24)29-17-19-22(26)21(25)18(23-27)16-28-19/h19,21-22,25-27H,2-17H2,1H3/b23-18+/t19-,21-,22-/m1/s1. The van der Waals surface area contributed by atoms with Crippen molar-refractivity contribution in [3.05, 3.63) is 0 Å². The van der Waals surface area contributed by atoms with Gasteiger partial charge in [-0.25, -0.2) is 0 Å². The molecular formula is C22H41NO6. The number of aliphatic hydroxyl groups is 2. The van der Waals surface area contributed by atoms with Gasteiger partial charge in [-0.05, 0) is 6.42 Å². The van der Waals surface area contributed by atoms with Gasteiger partial charge >= 0.3 is 5.97 Å². The van der Waals surface area contributed by atoms with Crippen LogP contribution in [-0.2, 0) is 14.3 Å². The van der Waals surface area contributed by atoms with E-state index in [-0.39, 0.29) is 24.9 Å². The van der Waals surface area contributed by atoms with E-state index in [1.807, 2.05) is 0 Å². The highest BCUT2D eigenvalue weighted by molar-refractivity contribution is 5.90. The molecule has 0 aliphatic carbocycles. The second-order valence-electron chi connectivity index (χ2n) is 8.05. The summed E-state index contributed by atoms with van der Waals surface area (Å²) in [4.78, 5) is 11.8. The number of aliphatic hydroxyl groups excluding tert-OH is 2. The largest absolute Gasteiger partial charge is 0.463 e. The van der Waals surface area contributed by atoms with Gasteiger partial charge < -0.3 is 24.9 Å². The number of ether oxygens (including phenoxy) is 2. The predicted molar refractivity (Wildman–Crippen MR) is 112 cm³/mol. The molecule has 0 unspecified atom stereocenters. The van der Waals surface area contributed by atoms with Crippen LogP contribution in [-0.4, -0.2) is 58.6 Å². The molecule has 3 N–H and O–H groups in total. The zero-order valence-corrected chi connectivity index (χ0v) is 18.1. The minimum Gasteiger partial charge on any atom is -0.463 e. The lowest BCUT2D eigenvalue weighted by Crippen LogP contribution is -2.52. The molecule has 7 nitrogen and oxygen atoms in total. The molecule has 0 aromatic heterocycles. The summed E-state index contributed by atoms with van der Waals surface area (Å²) < 4.78 is 10.4. The quantitative estimate of drug-likeness (QED) is 0.152. The molecule has 0 saturated carbocycles. The van der Waals surface area contributed by atoms with Crippen molar-refractivity contribution in [3.63, 3.8) is 0 Å². The number of oxime groups is 1. The normalized spacial score (nSPS) is 23.4. The van der Waals surface area contributed by atoms with Crippen molar-refractivity contribution in [2.45, 2.75) is 115 Å². The summed E-state index contributed by atoms with van der Waals surface area (Å²) in [5, 5.41) is 31.2. The first-order chi connectivity index (χ1) is 14.1. The van der Waals surface area contributed by atoms with Crippen molar-refractivity contribution in [1.29, 1.82) is 0 Å². The van der Waals surface area contributed by atoms with Gasteiger partial charge in [0.05, 0.1) is 6.61 Å². The van der Waals surface area contributed by atoms with Gasteiger partial charge in [0.15, 0.2) is 0 Å². The number of carbonyl (C=O) groups excluding carboxylic acids is 1. The topological polar surface area (TPSA) is 109 Å². The van der Waals surface area contributed by atoms with E-state index < -0.39 is 18.3 Å². The van der Waals surface area contributed by atoms with E-state index in [1.54, 1.807) is 0 Å². The van der Waals surface area contributed by atoms with Crippen molar-refractivity contribution in [1.82, 2.24) is 0 Å². The maximum Gasteiger partial charge on any atom is 0.305 e. The summed E-state index contributed by atoms with van der Waals surface area (Å²) in [6.45, 7) is 2.03. The molecule has 0 bridgehead atoms. The molecule has 1 aliphatic rings. The molecule has 1 saturated heterocycles. The summed E-state index contributed by atoms with van der Waals surface area (Å²) in [5.74, 6) is -0.319. The van der Waals surface area contributed by atoms with E-state index >= 15 is 0 Å². The lowest BCUT2D eigenvalue weighted by Gasteiger charge is -2.31. The number of unbranched alkanes of at least 4 members (excludes halogenated alkanes) is 12. The zero-order chi connectivity index (χ0) is 21.3. The van der Waals surface area contributed by atoms with Gasteiger partial charge in [-0.3, -0.25) is 4.79 Å². The Balaban J connectivity index is 1.92. The summed E-state index contributed by atoms with van der Waals surface area (Å²) in [5.41, 5.74) is -0.0351. The minimum atomic E-state index is -1.31. The fourth-order valence-corrected chi connectivity index (χ4v) is 3.55. The van der Waals surface area contributed by atoms with E-state index in [0.29, 0.717) is 6.42 Å². The molecular weight excluding hydrogens is 374 g/mol. The van der Waals surface area contributed by atoms with Gasteiger partial charge in [0.1, 0.15) is 30.6 Å². The van der Waals surface area contributed by atoms with Gasteiger partial charge in [0.25, 0.3) is 0 Å². The van der Waals surface area contributed by atoms with Crippen LogP contribution in [0.4, 0.5) is 0 Å². The maximum atomic E-state index is 11.8. The molecule has 3 atom stereocenters. The molecule has 0 amide bonds. The predicted octanol–water partition coefficient (Wildman–Crippen LogP) is 3.96. The Morgan fingerprint density at radius 3 is 2.00 bits per heavy atom. The molecule has 1 aliphatic heterocycles. The van der Waals surface area contributed by atoms with E-state index in [2.05, 4.69) is 12.1 Å². The van der Waals surface area contributed by atoms with E-state index in [1.165, 1.54) is 64.2 Å². The fraction of sp³-hybridized carbons (Fsp3) is 0.909. The van der Waals surface area contributed by atoms with Crippen LogP contribution in [0.15, 0.2) is 5.16 Å². The molecule has 0 radical (unpaired) electrons. The number of carbonyl (C=O) groups is 1. The van der Waals surface area contributed by atoms with Gasteiger partial charge in [0.2, 0.25) is 0 Å². The van der Waals surface area contributed by atoms with E-state index in [0.717, 1.165) is 19.3 Å². The maximum absolute atomic E-state index is 11.8. The Hall–Kier alpha value is -1.18. The smallest absolute Gasteiger partial charge is 0.305 e. The Labute approximate surface area is 175 Å². The summed E-state index contributed by atoms with van der Waals surface area (Å²) >= 11 is 0. The van der Waals surface area contributed by atoms with E-state index in [4.69, 9.17) is 14.7 Å². The average Bonchev–Trinajstić information content (AvgIpc) is 2.72. The molecule has 0 spiro atoms. The highest BCUT2D eigenvalue weighted by atomic mass is 16.6. The van der Waals surface area contributed by atoms with Crippen LogP contribution >= 0.6 is 0 Å². The summed E-state index contributed by atoms with van der Waals surface area (Å²) in [6, 6.07) is 0. The van der Waals surface area contributed by atoms with Crippen LogP contribution in [0.3, 0.4) is 0 Å². The van der Waals surface area contributed by atoms with Gasteiger partial charge in [0, 0.05) is 6.42 Å². The van der Waals surface area contributed by atoms with Crippen molar-refractivity contribution in [3.8, 4) is 0 Å². The molecule has 1 heterocycles. The first-order valence-electron chi connectivity index (χ1n) is 11.4. The molecule has 1 rings (SSSR count). The van der Waals surface area contributed by atoms with E-state index in [9.17, 15) is 15.0 Å². The van der Waals surface area contributed by atoms with Crippen LogP contribution in [0.1, 0.15) is 96.8 Å². The third-order valence-corrected chi connectivity index (χ3v) is 5.51. The highest BCUT2D eigenvalue weighted by Crippen LogP contribution is 2.15. The van der Waals surface area contributed by atoms with Crippen LogP contribution in [0, 0.1) is 0 Å². The van der Waals surface area contributed by atoms with Crippen molar-refractivity contribution in [2.75, 3.05) is 13.2 Å². The molecule has 7 heteroatoms. The van der Waals surface area contributed by atoms with Crippen molar-refractivity contribution in [2.24, 2.45) is 5.16 Å². The highest BCUT2D eigenvalue weighted by Gasteiger charge is 2.37. The van der Waals surface area contributed by atoms with Crippen LogP contribution in [0.5, 0.6) is 0 Å². The second kappa shape index (κ2) is 16.6. The monoisotopic (exact) mass is 415 g/mol. The van der Waals surface area contributed by atoms with Gasteiger partial charge in [-0.1, -0.05) is 89.1 Å². The number of hydrogen-bond donors (Lipinski definition) is 3. The molecule has 0 aromatic carbocycles.